The van der Waals surface area contributed by atoms with Gasteiger partial charge in [-0.2, -0.15) is 0 Å². The number of rotatable bonds is 4. The number of fused-ring (bicyclic) bond motifs is 1. The Morgan fingerprint density at radius 1 is 0.935 bits per heavy atom. The van der Waals surface area contributed by atoms with Crippen molar-refractivity contribution in [3.63, 3.8) is 0 Å². The molecule has 5 heteroatoms. The minimum Gasteiger partial charge on any atom is -0.454 e. The van der Waals surface area contributed by atoms with Crippen LogP contribution < -0.4 is 10.2 Å². The summed E-state index contributed by atoms with van der Waals surface area (Å²) in [6.07, 6.45) is 2.56. The molecule has 0 unspecified atom stereocenters. The van der Waals surface area contributed by atoms with Crippen molar-refractivity contribution in [3.05, 3.63) is 95.1 Å². The maximum atomic E-state index is 13.1. The van der Waals surface area contributed by atoms with Gasteiger partial charge in [0.2, 0.25) is 0 Å². The first-order valence-electron chi connectivity index (χ1n) is 10.7. The summed E-state index contributed by atoms with van der Waals surface area (Å²) in [6, 6.07) is 22.8. The molecule has 2 aliphatic heterocycles. The fourth-order valence-electron chi connectivity index (χ4n) is 4.40. The molecule has 2 heterocycles. The van der Waals surface area contributed by atoms with Crippen LogP contribution in [0.15, 0.2) is 72.8 Å². The second-order valence-corrected chi connectivity index (χ2v) is 8.05. The summed E-state index contributed by atoms with van der Waals surface area (Å²) in [5.74, 6) is -0.522. The monoisotopic (exact) mass is 412 g/mol. The first-order chi connectivity index (χ1) is 15.2. The number of carbonyl (C=O) groups is 2. The smallest absolute Gasteiger partial charge is 0.339 e. The topological polar surface area (TPSA) is 58.6 Å². The van der Waals surface area contributed by atoms with Crippen LogP contribution in [0.25, 0.3) is 0 Å². The highest BCUT2D eigenvalue weighted by Gasteiger charge is 2.28. The lowest BCUT2D eigenvalue weighted by molar-refractivity contribution is 0.0252. The van der Waals surface area contributed by atoms with Crippen molar-refractivity contribution in [3.8, 4) is 0 Å². The predicted molar refractivity (Wildman–Crippen MR) is 121 cm³/mol. The molecule has 3 aromatic rings. The Morgan fingerprint density at radius 3 is 2.48 bits per heavy atom. The lowest BCUT2D eigenvalue weighted by Crippen LogP contribution is -2.23. The van der Waals surface area contributed by atoms with Crippen molar-refractivity contribution in [1.82, 2.24) is 0 Å². The Morgan fingerprint density at radius 2 is 1.68 bits per heavy atom. The Bertz CT molecular complexity index is 1120. The van der Waals surface area contributed by atoms with Gasteiger partial charge in [-0.1, -0.05) is 42.5 Å². The van der Waals surface area contributed by atoms with Gasteiger partial charge in [-0.25, -0.2) is 4.79 Å². The van der Waals surface area contributed by atoms with E-state index in [1.165, 1.54) is 12.8 Å². The third-order valence-corrected chi connectivity index (χ3v) is 6.01. The molecule has 2 aliphatic rings. The summed E-state index contributed by atoms with van der Waals surface area (Å²) in [7, 11) is 0. The van der Waals surface area contributed by atoms with E-state index in [-0.39, 0.29) is 18.0 Å². The third-order valence-electron chi connectivity index (χ3n) is 6.01. The number of anilines is 2. The molecule has 1 saturated heterocycles. The van der Waals surface area contributed by atoms with Gasteiger partial charge in [-0.3, -0.25) is 4.79 Å². The van der Waals surface area contributed by atoms with Gasteiger partial charge in [0.25, 0.3) is 5.91 Å². The van der Waals surface area contributed by atoms with Crippen LogP contribution in [-0.2, 0) is 11.2 Å². The molecule has 0 saturated carbocycles. The number of amides is 1. The molecule has 0 aliphatic carbocycles. The number of nitrogens with zero attached hydrogens (tertiary/aromatic N) is 1. The van der Waals surface area contributed by atoms with Crippen LogP contribution in [0.3, 0.4) is 0 Å². The van der Waals surface area contributed by atoms with Crippen molar-refractivity contribution < 1.29 is 14.3 Å². The minimum absolute atomic E-state index is 0.176. The summed E-state index contributed by atoms with van der Waals surface area (Å²) >= 11 is 0. The highest BCUT2D eigenvalue weighted by Crippen LogP contribution is 2.32. The summed E-state index contributed by atoms with van der Waals surface area (Å²) in [6.45, 7) is 2.02. The van der Waals surface area contributed by atoms with Crippen LogP contribution >= 0.6 is 0 Å². The van der Waals surface area contributed by atoms with Gasteiger partial charge in [0.05, 0.1) is 16.9 Å². The van der Waals surface area contributed by atoms with Crippen LogP contribution in [-0.4, -0.2) is 25.0 Å². The number of esters is 1. The van der Waals surface area contributed by atoms with Crippen LogP contribution in [0.5, 0.6) is 0 Å². The van der Waals surface area contributed by atoms with E-state index >= 15 is 0 Å². The molecule has 0 aromatic heterocycles. The zero-order chi connectivity index (χ0) is 21.2. The molecular weight excluding hydrogens is 388 g/mol. The number of nitrogens with one attached hydrogen (secondary N) is 1. The summed E-state index contributed by atoms with van der Waals surface area (Å²) in [5, 5.41) is 3.07. The minimum atomic E-state index is -0.346. The van der Waals surface area contributed by atoms with E-state index in [2.05, 4.69) is 10.2 Å². The Kier molecular flexibility index (Phi) is 5.16. The molecule has 5 rings (SSSR count). The molecule has 0 bridgehead atoms. The number of carbonyl (C=O) groups excluding carboxylic acids is 2. The summed E-state index contributed by atoms with van der Waals surface area (Å²) in [4.78, 5) is 27.9. The van der Waals surface area contributed by atoms with Gasteiger partial charge < -0.3 is 15.0 Å². The molecule has 1 amide bonds. The summed E-state index contributed by atoms with van der Waals surface area (Å²) in [5.41, 5.74) is 4.73. The Labute approximate surface area is 181 Å². The second-order valence-electron chi connectivity index (χ2n) is 8.05. The van der Waals surface area contributed by atoms with E-state index in [9.17, 15) is 9.59 Å². The SMILES string of the molecule is O=C(Nc1ccccc1N1CCCC1)c1ccc2c(c1)C[C@H](c1ccccc1)OC2=O. The van der Waals surface area contributed by atoms with E-state index in [1.807, 2.05) is 60.7 Å². The average Bonchev–Trinajstić information content (AvgIpc) is 3.34. The van der Waals surface area contributed by atoms with Gasteiger partial charge >= 0.3 is 5.97 Å². The molecule has 31 heavy (non-hydrogen) atoms. The van der Waals surface area contributed by atoms with Crippen LogP contribution in [0, 0.1) is 0 Å². The number of benzene rings is 3. The quantitative estimate of drug-likeness (QED) is 0.613. The maximum absolute atomic E-state index is 13.1. The molecule has 1 N–H and O–H groups in total. The fraction of sp³-hybridized carbons (Fsp3) is 0.231. The van der Waals surface area contributed by atoms with E-state index in [1.54, 1.807) is 12.1 Å². The summed E-state index contributed by atoms with van der Waals surface area (Å²) < 4.78 is 5.62. The fourth-order valence-corrected chi connectivity index (χ4v) is 4.40. The highest BCUT2D eigenvalue weighted by atomic mass is 16.5. The first-order valence-corrected chi connectivity index (χ1v) is 10.7. The highest BCUT2D eigenvalue weighted by molar-refractivity contribution is 6.06. The molecule has 3 aromatic carbocycles. The molecule has 0 radical (unpaired) electrons. The van der Waals surface area contributed by atoms with E-state index in [0.29, 0.717) is 17.5 Å². The number of para-hydroxylation sites is 2. The number of hydrogen-bond donors (Lipinski definition) is 1. The van der Waals surface area contributed by atoms with Crippen molar-refractivity contribution in [1.29, 1.82) is 0 Å². The van der Waals surface area contributed by atoms with E-state index in [4.69, 9.17) is 4.74 Å². The van der Waals surface area contributed by atoms with Gasteiger partial charge in [-0.05, 0) is 54.3 Å². The second kappa shape index (κ2) is 8.26. The van der Waals surface area contributed by atoms with Crippen LogP contribution in [0.2, 0.25) is 0 Å². The van der Waals surface area contributed by atoms with Gasteiger partial charge in [0.15, 0.2) is 0 Å². The van der Waals surface area contributed by atoms with Crippen molar-refractivity contribution in [2.75, 3.05) is 23.3 Å². The van der Waals surface area contributed by atoms with E-state index < -0.39 is 0 Å². The standard InChI is InChI=1S/C26H24N2O3/c29-25(27-22-10-4-5-11-23(22)28-14-6-7-15-28)19-12-13-21-20(16-19)17-24(31-26(21)30)18-8-2-1-3-9-18/h1-5,8-13,16,24H,6-7,14-15,17H2,(H,27,29)/t24-/m1/s1. The van der Waals surface area contributed by atoms with Gasteiger partial charge in [0, 0.05) is 25.1 Å². The number of hydrogen-bond acceptors (Lipinski definition) is 4. The van der Waals surface area contributed by atoms with E-state index in [0.717, 1.165) is 35.6 Å². The first kappa shape index (κ1) is 19.4. The third kappa shape index (κ3) is 3.91. The van der Waals surface area contributed by atoms with Crippen molar-refractivity contribution >= 4 is 23.3 Å². The molecule has 1 fully saturated rings. The van der Waals surface area contributed by atoms with Crippen molar-refractivity contribution in [2.24, 2.45) is 0 Å². The molecular formula is C26H24N2O3. The molecule has 0 spiro atoms. The Hall–Kier alpha value is -3.60. The molecule has 1 atom stereocenters. The zero-order valence-corrected chi connectivity index (χ0v) is 17.2. The van der Waals surface area contributed by atoms with Crippen molar-refractivity contribution in [2.45, 2.75) is 25.4 Å². The predicted octanol–water partition coefficient (Wildman–Crippen LogP) is 4.99. The number of ether oxygens (including phenoxy) is 1. The largest absolute Gasteiger partial charge is 0.454 e. The average molecular weight is 412 g/mol. The van der Waals surface area contributed by atoms with Gasteiger partial charge in [-0.15, -0.1) is 0 Å². The van der Waals surface area contributed by atoms with Gasteiger partial charge in [0.1, 0.15) is 6.10 Å². The van der Waals surface area contributed by atoms with Crippen LogP contribution in [0.1, 0.15) is 50.8 Å². The lowest BCUT2D eigenvalue weighted by Gasteiger charge is -2.25. The normalized spacial score (nSPS) is 17.7. The Balaban J connectivity index is 1.39. The maximum Gasteiger partial charge on any atom is 0.339 e. The lowest BCUT2D eigenvalue weighted by atomic mass is 9.93. The number of cyclic esters (lactones) is 1. The van der Waals surface area contributed by atoms with Crippen LogP contribution in [0.4, 0.5) is 11.4 Å². The molecule has 156 valence electrons. The molecule has 5 nitrogen and oxygen atoms in total. The zero-order valence-electron chi connectivity index (χ0n) is 17.2.